The van der Waals surface area contributed by atoms with Crippen molar-refractivity contribution in [2.24, 2.45) is 5.10 Å². The average Bonchev–Trinajstić information content (AvgIpc) is 2.77. The molecule has 0 unspecified atom stereocenters. The topological polar surface area (TPSA) is 99.7 Å². The standard InChI is InChI=1S/C22H15Cl3N4O3/c23-13-8-10-14(11-9-13)27-20(30)15-4-1-2-7-19(15)28-21(31)22(32)29-26-12-16-17(24)5-3-6-18(16)25/h1-12H,(H,27,30)(H,28,31)(H,29,32). The van der Waals surface area contributed by atoms with Gasteiger partial charge in [0.05, 0.1) is 27.5 Å². The van der Waals surface area contributed by atoms with Crippen LogP contribution in [0.5, 0.6) is 0 Å². The Hall–Kier alpha value is -3.39. The number of anilines is 2. The highest BCUT2D eigenvalue weighted by molar-refractivity contribution is 6.40. The van der Waals surface area contributed by atoms with Gasteiger partial charge >= 0.3 is 11.8 Å². The number of nitrogens with one attached hydrogen (secondary N) is 3. The van der Waals surface area contributed by atoms with Crippen molar-refractivity contribution in [1.29, 1.82) is 0 Å². The van der Waals surface area contributed by atoms with Gasteiger partial charge in [0.25, 0.3) is 5.91 Å². The molecule has 0 atom stereocenters. The van der Waals surface area contributed by atoms with Gasteiger partial charge in [-0.15, -0.1) is 0 Å². The summed E-state index contributed by atoms with van der Waals surface area (Å²) in [4.78, 5) is 37.0. The number of nitrogens with zero attached hydrogens (tertiary/aromatic N) is 1. The van der Waals surface area contributed by atoms with E-state index in [1.54, 1.807) is 54.6 Å². The van der Waals surface area contributed by atoms with E-state index in [1.807, 2.05) is 0 Å². The summed E-state index contributed by atoms with van der Waals surface area (Å²) < 4.78 is 0. The van der Waals surface area contributed by atoms with Crippen LogP contribution in [-0.4, -0.2) is 23.9 Å². The molecule has 3 amide bonds. The lowest BCUT2D eigenvalue weighted by atomic mass is 10.1. The number of hydrazone groups is 1. The number of benzene rings is 3. The molecule has 10 heteroatoms. The Labute approximate surface area is 198 Å². The van der Waals surface area contributed by atoms with Crippen molar-refractivity contribution in [2.75, 3.05) is 10.6 Å². The van der Waals surface area contributed by atoms with Crippen LogP contribution >= 0.6 is 34.8 Å². The van der Waals surface area contributed by atoms with E-state index in [1.165, 1.54) is 18.3 Å². The normalized spacial score (nSPS) is 10.6. The van der Waals surface area contributed by atoms with Gasteiger partial charge in [0.1, 0.15) is 0 Å². The van der Waals surface area contributed by atoms with Gasteiger partial charge < -0.3 is 10.6 Å². The molecule has 7 nitrogen and oxygen atoms in total. The van der Waals surface area contributed by atoms with E-state index in [0.717, 1.165) is 0 Å². The molecule has 0 saturated carbocycles. The Balaban J connectivity index is 1.66. The second-order valence-corrected chi connectivity index (χ2v) is 7.55. The molecule has 0 aliphatic carbocycles. The van der Waals surface area contributed by atoms with E-state index >= 15 is 0 Å². The van der Waals surface area contributed by atoms with Crippen molar-refractivity contribution in [2.45, 2.75) is 0 Å². The number of rotatable bonds is 5. The number of hydrogen-bond acceptors (Lipinski definition) is 4. The van der Waals surface area contributed by atoms with Crippen LogP contribution in [0.3, 0.4) is 0 Å². The molecule has 0 fully saturated rings. The highest BCUT2D eigenvalue weighted by Crippen LogP contribution is 2.22. The number of carbonyl (C=O) groups is 3. The van der Waals surface area contributed by atoms with Gasteiger partial charge in [-0.2, -0.15) is 5.10 Å². The minimum atomic E-state index is -1.04. The molecule has 3 rings (SSSR count). The maximum Gasteiger partial charge on any atom is 0.329 e. The molecule has 0 heterocycles. The summed E-state index contributed by atoms with van der Waals surface area (Å²) >= 11 is 17.9. The summed E-state index contributed by atoms with van der Waals surface area (Å²) in [6.07, 6.45) is 1.23. The lowest BCUT2D eigenvalue weighted by Gasteiger charge is -2.11. The first kappa shape index (κ1) is 23.3. The third-order valence-electron chi connectivity index (χ3n) is 4.09. The molecule has 3 aromatic carbocycles. The maximum atomic E-state index is 12.6. The molecule has 162 valence electrons. The molecule has 0 bridgehead atoms. The largest absolute Gasteiger partial charge is 0.329 e. The van der Waals surface area contributed by atoms with Gasteiger partial charge in [0.2, 0.25) is 0 Å². The Kier molecular flexibility index (Phi) is 7.83. The van der Waals surface area contributed by atoms with Gasteiger partial charge in [-0.3, -0.25) is 14.4 Å². The molecule has 3 N–H and O–H groups in total. The van der Waals surface area contributed by atoms with Crippen molar-refractivity contribution < 1.29 is 14.4 Å². The van der Waals surface area contributed by atoms with Crippen molar-refractivity contribution in [1.82, 2.24) is 5.43 Å². The number of halogens is 3. The van der Waals surface area contributed by atoms with Gasteiger partial charge in [-0.1, -0.05) is 53.0 Å². The summed E-state index contributed by atoms with van der Waals surface area (Å²) in [5, 5.41) is 9.99. The first-order valence-corrected chi connectivity index (χ1v) is 10.2. The second-order valence-electron chi connectivity index (χ2n) is 6.30. The predicted molar refractivity (Wildman–Crippen MR) is 127 cm³/mol. The average molecular weight is 490 g/mol. The van der Waals surface area contributed by atoms with Crippen LogP contribution < -0.4 is 16.1 Å². The summed E-state index contributed by atoms with van der Waals surface area (Å²) in [5.74, 6) is -2.54. The van der Waals surface area contributed by atoms with Gasteiger partial charge in [0, 0.05) is 16.3 Å². The zero-order valence-corrected chi connectivity index (χ0v) is 18.5. The first-order chi connectivity index (χ1) is 15.3. The van der Waals surface area contributed by atoms with Crippen molar-refractivity contribution in [3.05, 3.63) is 92.9 Å². The third-order valence-corrected chi connectivity index (χ3v) is 5.00. The van der Waals surface area contributed by atoms with Crippen LogP contribution in [0, 0.1) is 0 Å². The highest BCUT2D eigenvalue weighted by Gasteiger charge is 2.18. The smallest absolute Gasteiger partial charge is 0.322 e. The molecule has 0 aliphatic heterocycles. The lowest BCUT2D eigenvalue weighted by molar-refractivity contribution is -0.136. The number of para-hydroxylation sites is 1. The van der Waals surface area contributed by atoms with Crippen LogP contribution in [0.1, 0.15) is 15.9 Å². The first-order valence-electron chi connectivity index (χ1n) is 9.09. The monoisotopic (exact) mass is 488 g/mol. The zero-order valence-electron chi connectivity index (χ0n) is 16.2. The summed E-state index contributed by atoms with van der Waals surface area (Å²) in [6, 6.07) is 17.7. The Morgan fingerprint density at radius 3 is 2.09 bits per heavy atom. The molecule has 0 aromatic heterocycles. The minimum absolute atomic E-state index is 0.150. The summed E-state index contributed by atoms with van der Waals surface area (Å²) in [5.41, 5.74) is 3.31. The lowest BCUT2D eigenvalue weighted by Crippen LogP contribution is -2.33. The molecule has 0 radical (unpaired) electrons. The van der Waals surface area contributed by atoms with E-state index in [9.17, 15) is 14.4 Å². The number of amides is 3. The fourth-order valence-corrected chi connectivity index (χ4v) is 3.16. The zero-order chi connectivity index (χ0) is 23.1. The molecule has 0 spiro atoms. The summed E-state index contributed by atoms with van der Waals surface area (Å²) in [6.45, 7) is 0. The van der Waals surface area contributed by atoms with Gasteiger partial charge in [-0.05, 0) is 48.5 Å². The Morgan fingerprint density at radius 1 is 0.750 bits per heavy atom. The molecule has 0 saturated heterocycles. The number of hydrogen-bond donors (Lipinski definition) is 3. The molecular formula is C22H15Cl3N4O3. The molecule has 0 aliphatic rings. The highest BCUT2D eigenvalue weighted by atomic mass is 35.5. The van der Waals surface area contributed by atoms with E-state index in [4.69, 9.17) is 34.8 Å². The molecule has 3 aromatic rings. The fraction of sp³-hybridized carbons (Fsp3) is 0. The predicted octanol–water partition coefficient (Wildman–Crippen LogP) is 4.99. The molecular weight excluding hydrogens is 475 g/mol. The minimum Gasteiger partial charge on any atom is -0.322 e. The van der Waals surface area contributed by atoms with E-state index in [0.29, 0.717) is 26.3 Å². The second kappa shape index (κ2) is 10.8. The van der Waals surface area contributed by atoms with Crippen LogP contribution in [0.2, 0.25) is 15.1 Å². The van der Waals surface area contributed by atoms with Crippen molar-refractivity contribution in [3.63, 3.8) is 0 Å². The SMILES string of the molecule is O=C(NN=Cc1c(Cl)cccc1Cl)C(=O)Nc1ccccc1C(=O)Nc1ccc(Cl)cc1. The van der Waals surface area contributed by atoms with E-state index in [2.05, 4.69) is 21.2 Å². The van der Waals surface area contributed by atoms with Crippen molar-refractivity contribution in [3.8, 4) is 0 Å². The van der Waals surface area contributed by atoms with Crippen LogP contribution in [0.15, 0.2) is 71.8 Å². The molecule has 32 heavy (non-hydrogen) atoms. The van der Waals surface area contributed by atoms with Crippen LogP contribution in [0.4, 0.5) is 11.4 Å². The van der Waals surface area contributed by atoms with Crippen molar-refractivity contribution >= 4 is 70.1 Å². The van der Waals surface area contributed by atoms with Gasteiger partial charge in [-0.25, -0.2) is 5.43 Å². The summed E-state index contributed by atoms with van der Waals surface area (Å²) in [7, 11) is 0. The van der Waals surface area contributed by atoms with Crippen LogP contribution in [-0.2, 0) is 9.59 Å². The number of carbonyl (C=O) groups excluding carboxylic acids is 3. The Bertz CT molecular complexity index is 1180. The van der Waals surface area contributed by atoms with Crippen LogP contribution in [0.25, 0.3) is 0 Å². The Morgan fingerprint density at radius 2 is 1.41 bits per heavy atom. The third kappa shape index (κ3) is 6.07. The quantitative estimate of drug-likeness (QED) is 0.267. The van der Waals surface area contributed by atoms with Gasteiger partial charge in [0.15, 0.2) is 0 Å². The fourth-order valence-electron chi connectivity index (χ4n) is 2.54. The van der Waals surface area contributed by atoms with E-state index < -0.39 is 17.7 Å². The van der Waals surface area contributed by atoms with E-state index in [-0.39, 0.29) is 11.3 Å². The maximum absolute atomic E-state index is 12.6.